The largest absolute Gasteiger partial charge is 0.439 e. The summed E-state index contributed by atoms with van der Waals surface area (Å²) in [6.45, 7) is 0. The van der Waals surface area contributed by atoms with Crippen molar-refractivity contribution in [1.82, 2.24) is 14.9 Å². The van der Waals surface area contributed by atoms with Crippen LogP contribution >= 0.6 is 11.6 Å². The van der Waals surface area contributed by atoms with Gasteiger partial charge in [0.2, 0.25) is 5.88 Å². The van der Waals surface area contributed by atoms with Crippen molar-refractivity contribution in [3.63, 3.8) is 0 Å². The number of alkyl halides is 3. The van der Waals surface area contributed by atoms with E-state index in [-0.39, 0.29) is 34.3 Å². The number of amides is 2. The van der Waals surface area contributed by atoms with Crippen LogP contribution in [0.3, 0.4) is 0 Å². The first-order valence-electron chi connectivity index (χ1n) is 8.49. The molecular formula is C19H10ClF3N4O4. The molecule has 0 atom stereocenters. The van der Waals surface area contributed by atoms with Crippen molar-refractivity contribution < 1.29 is 27.5 Å². The number of nitrogens with one attached hydrogen (secondary N) is 1. The molecule has 3 aromatic rings. The fourth-order valence-corrected chi connectivity index (χ4v) is 3.22. The number of rotatable bonds is 3. The summed E-state index contributed by atoms with van der Waals surface area (Å²) in [5.41, 5.74) is 4.27. The number of benzene rings is 1. The highest BCUT2D eigenvalue weighted by Gasteiger charge is 2.33. The molecule has 2 aromatic heterocycles. The van der Waals surface area contributed by atoms with Gasteiger partial charge in [-0.25, -0.2) is 4.98 Å². The summed E-state index contributed by atoms with van der Waals surface area (Å²) in [4.78, 5) is 39.8. The molecule has 31 heavy (non-hydrogen) atoms. The smallest absolute Gasteiger partial charge is 0.416 e. The number of aromatic nitrogens is 2. The van der Waals surface area contributed by atoms with E-state index in [1.54, 1.807) is 0 Å². The maximum absolute atomic E-state index is 12.9. The number of hydrogen-bond acceptors (Lipinski definition) is 6. The van der Waals surface area contributed by atoms with Gasteiger partial charge in [0.1, 0.15) is 16.7 Å². The number of anilines is 1. The topological polar surface area (TPSA) is 116 Å². The molecule has 3 heterocycles. The Balaban J connectivity index is 1.67. The van der Waals surface area contributed by atoms with E-state index in [1.807, 2.05) is 0 Å². The van der Waals surface area contributed by atoms with E-state index in [9.17, 15) is 27.6 Å². The molecular weight excluding hydrogens is 441 g/mol. The second-order valence-corrected chi connectivity index (χ2v) is 6.77. The Hall–Kier alpha value is -3.86. The van der Waals surface area contributed by atoms with Crippen molar-refractivity contribution in [3.05, 3.63) is 74.7 Å². The Morgan fingerprint density at radius 3 is 2.35 bits per heavy atom. The molecule has 2 amide bonds. The highest BCUT2D eigenvalue weighted by atomic mass is 35.5. The van der Waals surface area contributed by atoms with Crippen LogP contribution in [-0.2, 0) is 6.18 Å². The summed E-state index contributed by atoms with van der Waals surface area (Å²) in [6, 6.07) is 7.85. The lowest BCUT2D eigenvalue weighted by Crippen LogP contribution is -2.24. The summed E-state index contributed by atoms with van der Waals surface area (Å²) in [5.74, 6) is -1.94. The lowest BCUT2D eigenvalue weighted by Gasteiger charge is -2.13. The van der Waals surface area contributed by atoms with E-state index < -0.39 is 34.3 Å². The number of nitrogens with two attached hydrogens (primary N) is 1. The van der Waals surface area contributed by atoms with Crippen LogP contribution in [-0.4, -0.2) is 21.4 Å². The Morgan fingerprint density at radius 2 is 1.71 bits per heavy atom. The number of pyridine rings is 2. The second-order valence-electron chi connectivity index (χ2n) is 6.39. The molecule has 0 aliphatic carbocycles. The predicted octanol–water partition coefficient (Wildman–Crippen LogP) is 3.16. The van der Waals surface area contributed by atoms with Crippen LogP contribution in [0.5, 0.6) is 11.6 Å². The molecule has 0 unspecified atom stereocenters. The normalized spacial score (nSPS) is 13.2. The number of fused-ring (bicyclic) bond motifs is 1. The van der Waals surface area contributed by atoms with Crippen molar-refractivity contribution in [2.24, 2.45) is 0 Å². The van der Waals surface area contributed by atoms with Crippen molar-refractivity contribution in [1.29, 1.82) is 0 Å². The first-order chi connectivity index (χ1) is 14.5. The minimum absolute atomic E-state index is 0.104. The van der Waals surface area contributed by atoms with Crippen LogP contribution in [0.25, 0.3) is 5.69 Å². The Morgan fingerprint density at radius 1 is 1.03 bits per heavy atom. The summed E-state index contributed by atoms with van der Waals surface area (Å²) in [6.07, 6.45) is -4.63. The molecule has 1 aliphatic heterocycles. The molecule has 8 nitrogen and oxygen atoms in total. The van der Waals surface area contributed by atoms with Gasteiger partial charge in [-0.1, -0.05) is 11.6 Å². The van der Waals surface area contributed by atoms with E-state index in [2.05, 4.69) is 10.3 Å². The number of hydrogen-bond donors (Lipinski definition) is 2. The molecule has 1 aliphatic rings. The zero-order valence-electron chi connectivity index (χ0n) is 15.2. The van der Waals surface area contributed by atoms with E-state index in [0.717, 1.165) is 10.6 Å². The number of ether oxygens (including phenoxy) is 1. The zero-order valence-corrected chi connectivity index (χ0v) is 15.9. The number of nitrogens with zero attached hydrogens (tertiary/aromatic N) is 2. The van der Waals surface area contributed by atoms with Gasteiger partial charge in [-0.15, -0.1) is 0 Å². The number of halogens is 4. The third kappa shape index (κ3) is 3.70. The molecule has 158 valence electrons. The molecule has 0 spiro atoms. The van der Waals surface area contributed by atoms with E-state index >= 15 is 0 Å². The SMILES string of the molecule is Nc1c2c(cc(=O)n1-c1ccc(Oc3cc(C(F)(F)F)cc(Cl)n3)cc1)C(=O)NC2=O. The molecule has 0 saturated heterocycles. The lowest BCUT2D eigenvalue weighted by atomic mass is 10.1. The highest BCUT2D eigenvalue weighted by molar-refractivity contribution is 6.29. The average molecular weight is 451 g/mol. The quantitative estimate of drug-likeness (QED) is 0.467. The monoisotopic (exact) mass is 450 g/mol. The molecule has 0 radical (unpaired) electrons. The van der Waals surface area contributed by atoms with Crippen LogP contribution < -0.4 is 21.3 Å². The first-order valence-corrected chi connectivity index (χ1v) is 8.86. The maximum atomic E-state index is 12.9. The fraction of sp³-hybridized carbons (Fsp3) is 0.0526. The maximum Gasteiger partial charge on any atom is 0.416 e. The van der Waals surface area contributed by atoms with Crippen LogP contribution in [0.15, 0.2) is 47.3 Å². The third-order valence-electron chi connectivity index (χ3n) is 4.37. The van der Waals surface area contributed by atoms with Gasteiger partial charge >= 0.3 is 6.18 Å². The standard InChI is InChI=1S/C19H10ClF3N4O4/c20-12-5-8(19(21,22)23)6-13(25-12)31-10-3-1-9(2-4-10)27-14(28)7-11-15(16(27)24)18(30)26-17(11)29/h1-7H,24H2,(H,26,29,30). The van der Waals surface area contributed by atoms with Gasteiger partial charge in [0, 0.05) is 12.1 Å². The summed E-state index contributed by atoms with van der Waals surface area (Å²) in [7, 11) is 0. The van der Waals surface area contributed by atoms with Gasteiger partial charge < -0.3 is 10.5 Å². The molecule has 0 saturated carbocycles. The van der Waals surface area contributed by atoms with Crippen molar-refractivity contribution in [3.8, 4) is 17.3 Å². The van der Waals surface area contributed by atoms with Gasteiger partial charge in [-0.3, -0.25) is 24.3 Å². The number of carbonyl (C=O) groups is 2. The summed E-state index contributed by atoms with van der Waals surface area (Å²) >= 11 is 5.63. The van der Waals surface area contributed by atoms with Gasteiger partial charge in [0.15, 0.2) is 0 Å². The molecule has 12 heteroatoms. The van der Waals surface area contributed by atoms with E-state index in [4.69, 9.17) is 22.1 Å². The van der Waals surface area contributed by atoms with E-state index in [1.165, 1.54) is 24.3 Å². The van der Waals surface area contributed by atoms with Gasteiger partial charge in [-0.2, -0.15) is 13.2 Å². The Bertz CT molecular complexity index is 1300. The summed E-state index contributed by atoms with van der Waals surface area (Å²) < 4.78 is 45.1. The number of nitrogen functional groups attached to an aromatic ring is 1. The van der Waals surface area contributed by atoms with Crippen molar-refractivity contribution >= 4 is 29.2 Å². The van der Waals surface area contributed by atoms with Gasteiger partial charge in [0.05, 0.1) is 22.4 Å². The van der Waals surface area contributed by atoms with Gasteiger partial charge in [0.25, 0.3) is 17.4 Å². The first kappa shape index (κ1) is 20.4. The van der Waals surface area contributed by atoms with Crippen molar-refractivity contribution in [2.75, 3.05) is 5.73 Å². The number of carbonyl (C=O) groups excluding carboxylic acids is 2. The fourth-order valence-electron chi connectivity index (χ4n) is 3.02. The second kappa shape index (κ2) is 7.13. The molecule has 3 N–H and O–H groups in total. The van der Waals surface area contributed by atoms with Crippen LogP contribution in [0.4, 0.5) is 19.0 Å². The molecule has 0 bridgehead atoms. The summed E-state index contributed by atoms with van der Waals surface area (Å²) in [5, 5.41) is 1.66. The number of imide groups is 1. The van der Waals surface area contributed by atoms with Crippen LogP contribution in [0.2, 0.25) is 5.15 Å². The van der Waals surface area contributed by atoms with Crippen molar-refractivity contribution in [2.45, 2.75) is 6.18 Å². The van der Waals surface area contributed by atoms with Crippen LogP contribution in [0, 0.1) is 0 Å². The Labute approximate surface area is 176 Å². The molecule has 4 rings (SSSR count). The third-order valence-corrected chi connectivity index (χ3v) is 4.56. The Kier molecular flexibility index (Phi) is 4.69. The lowest BCUT2D eigenvalue weighted by molar-refractivity contribution is -0.137. The highest BCUT2D eigenvalue weighted by Crippen LogP contribution is 2.34. The molecule has 0 fully saturated rings. The minimum Gasteiger partial charge on any atom is -0.439 e. The zero-order chi connectivity index (χ0) is 22.5. The minimum atomic E-state index is -4.63. The van der Waals surface area contributed by atoms with Gasteiger partial charge in [-0.05, 0) is 30.3 Å². The average Bonchev–Trinajstić information content (AvgIpc) is 2.95. The molecule has 1 aromatic carbocycles. The predicted molar refractivity (Wildman–Crippen MR) is 103 cm³/mol. The van der Waals surface area contributed by atoms with Crippen LogP contribution in [0.1, 0.15) is 26.3 Å². The van der Waals surface area contributed by atoms with E-state index in [0.29, 0.717) is 12.1 Å².